The van der Waals surface area contributed by atoms with E-state index in [0.717, 1.165) is 19.3 Å². The molecule has 1 heterocycles. The van der Waals surface area contributed by atoms with Crippen LogP contribution in [0.4, 0.5) is 0 Å². The summed E-state index contributed by atoms with van der Waals surface area (Å²) in [5.41, 5.74) is 0.299. The van der Waals surface area contributed by atoms with Crippen LogP contribution in [0.2, 0.25) is 0 Å². The van der Waals surface area contributed by atoms with E-state index in [1.807, 2.05) is 13.8 Å². The van der Waals surface area contributed by atoms with Crippen LogP contribution in [0, 0.1) is 35.7 Å². The number of fused-ring (bicyclic) bond motifs is 1. The summed E-state index contributed by atoms with van der Waals surface area (Å²) in [4.78, 5) is 12.0. The van der Waals surface area contributed by atoms with E-state index in [2.05, 4.69) is 13.8 Å². The fourth-order valence-corrected chi connectivity index (χ4v) is 6.02. The third-order valence-corrected chi connectivity index (χ3v) is 7.79. The van der Waals surface area contributed by atoms with Crippen molar-refractivity contribution < 1.29 is 47.3 Å². The fraction of sp³-hybridized carbons (Fsp3) is 0.864. The topological polar surface area (TPSA) is 46.5 Å². The minimum atomic E-state index is -1.29. The number of esters is 1. The summed E-state index contributed by atoms with van der Waals surface area (Å²) in [7, 11) is 0. The maximum Gasteiger partial charge on any atom is 0.338 e. The first-order valence-electron chi connectivity index (χ1n) is 10.2. The summed E-state index contributed by atoms with van der Waals surface area (Å²) in [6.07, 6.45) is 8.36. The van der Waals surface area contributed by atoms with Crippen molar-refractivity contribution in [1.29, 1.82) is 0 Å². The van der Waals surface area contributed by atoms with Gasteiger partial charge < -0.3 is 16.4 Å². The van der Waals surface area contributed by atoms with Gasteiger partial charge in [-0.2, -0.15) is 0 Å². The minimum Gasteiger partial charge on any atom is -0.514 e. The van der Waals surface area contributed by atoms with Gasteiger partial charge >= 0.3 is 5.97 Å². The van der Waals surface area contributed by atoms with Crippen LogP contribution in [-0.4, -0.2) is 22.8 Å². The second-order valence-electron chi connectivity index (χ2n) is 9.54. The summed E-state index contributed by atoms with van der Waals surface area (Å²) in [5.74, 6) is 1.38. The van der Waals surface area contributed by atoms with Crippen molar-refractivity contribution in [2.75, 3.05) is 0 Å². The molecule has 145 valence electrons. The normalized spacial score (nSPS) is 40.9. The van der Waals surface area contributed by atoms with Crippen LogP contribution in [0.5, 0.6) is 0 Å². The fourth-order valence-electron chi connectivity index (χ4n) is 6.02. The van der Waals surface area contributed by atoms with Crippen LogP contribution in [0.25, 0.3) is 0 Å². The Morgan fingerprint density at radius 3 is 2.62 bits per heavy atom. The number of hydrogen-bond donors (Lipinski definition) is 1. The van der Waals surface area contributed by atoms with E-state index in [4.69, 9.17) is 11.3 Å². The maximum atomic E-state index is 12.0. The molecule has 26 heavy (non-hydrogen) atoms. The summed E-state index contributed by atoms with van der Waals surface area (Å²) in [5, 5.41) is 10.5. The van der Waals surface area contributed by atoms with E-state index in [1.165, 1.54) is 31.3 Å². The van der Waals surface area contributed by atoms with Crippen molar-refractivity contribution in [1.82, 2.24) is 0 Å². The molecule has 6 atom stereocenters. The Morgan fingerprint density at radius 2 is 2.00 bits per heavy atom. The number of carbonyl (C=O) groups is 1. The average molecular weight is 436 g/mol. The molecular formula is C22H35O3Y-. The molecule has 3 nitrogen and oxygen atoms in total. The molecule has 0 aromatic heterocycles. The Morgan fingerprint density at radius 1 is 1.31 bits per heavy atom. The number of rotatable bonds is 5. The summed E-state index contributed by atoms with van der Waals surface area (Å²) >= 11 is 0. The van der Waals surface area contributed by atoms with Crippen molar-refractivity contribution >= 4 is 5.97 Å². The third-order valence-electron chi connectivity index (χ3n) is 7.79. The Balaban J connectivity index is 0.00000243. The second-order valence-corrected chi connectivity index (χ2v) is 9.54. The monoisotopic (exact) mass is 436 g/mol. The molecule has 1 saturated heterocycles. The van der Waals surface area contributed by atoms with Crippen LogP contribution in [0.15, 0.2) is 5.57 Å². The van der Waals surface area contributed by atoms with Gasteiger partial charge in [-0.05, 0) is 61.2 Å². The Bertz CT molecular complexity index is 546. The van der Waals surface area contributed by atoms with E-state index >= 15 is 0 Å². The summed E-state index contributed by atoms with van der Waals surface area (Å²) < 4.78 is 5.49. The van der Waals surface area contributed by atoms with E-state index < -0.39 is 11.6 Å². The standard InChI is InChI=1S/C22H35O3.Y/c1-14(2)22(24)13-17(25-20(22)23)9-8-16(4)19-11-10-18-15(3)7-6-12-21(18,19)5;/h3,14,16-19,24H,6-13H2,1-2,4-5H3;/q-1;/t16?,17?,18?,19-,21+,22?;/m1./s1. The zero-order chi connectivity index (χ0) is 18.4. The molecule has 2 saturated carbocycles. The number of allylic oxidation sites excluding steroid dienone is 1. The van der Waals surface area contributed by atoms with Crippen molar-refractivity contribution in [2.24, 2.45) is 29.1 Å². The van der Waals surface area contributed by atoms with E-state index in [1.54, 1.807) is 0 Å². The van der Waals surface area contributed by atoms with Gasteiger partial charge in [-0.1, -0.05) is 40.5 Å². The predicted octanol–water partition coefficient (Wildman–Crippen LogP) is 4.68. The van der Waals surface area contributed by atoms with Crippen LogP contribution in [0.1, 0.15) is 79.1 Å². The van der Waals surface area contributed by atoms with Gasteiger partial charge in [0.1, 0.15) is 6.10 Å². The molecule has 3 rings (SSSR count). The van der Waals surface area contributed by atoms with E-state index in [0.29, 0.717) is 29.6 Å². The first-order valence-corrected chi connectivity index (χ1v) is 10.2. The van der Waals surface area contributed by atoms with Crippen LogP contribution < -0.4 is 0 Å². The number of hydrogen-bond acceptors (Lipinski definition) is 3. The number of cyclic esters (lactones) is 1. The number of aliphatic hydroxyl groups is 1. The number of carbonyl (C=O) groups excluding carboxylic acids is 1. The van der Waals surface area contributed by atoms with Gasteiger partial charge in [0.25, 0.3) is 0 Å². The number of ether oxygens (including phenoxy) is 1. The first kappa shape index (κ1) is 22.6. The van der Waals surface area contributed by atoms with Crippen LogP contribution in [-0.2, 0) is 42.2 Å². The van der Waals surface area contributed by atoms with E-state index in [9.17, 15) is 9.90 Å². The molecule has 0 bridgehead atoms. The van der Waals surface area contributed by atoms with Gasteiger partial charge in [0.05, 0.1) is 0 Å². The smallest absolute Gasteiger partial charge is 0.338 e. The molecule has 1 aliphatic heterocycles. The average Bonchev–Trinajstić information content (AvgIpc) is 3.04. The van der Waals surface area contributed by atoms with Crippen molar-refractivity contribution in [3.63, 3.8) is 0 Å². The van der Waals surface area contributed by atoms with Crippen molar-refractivity contribution in [3.05, 3.63) is 12.2 Å². The molecule has 1 N–H and O–H groups in total. The zero-order valence-corrected chi connectivity index (χ0v) is 19.8. The molecule has 2 aliphatic carbocycles. The molecule has 1 radical (unpaired) electrons. The molecule has 4 unspecified atom stereocenters. The quantitative estimate of drug-likeness (QED) is 0.503. The molecule has 0 amide bonds. The molecule has 0 aromatic rings. The van der Waals surface area contributed by atoms with Gasteiger partial charge in [-0.25, -0.2) is 4.79 Å². The van der Waals surface area contributed by atoms with Crippen LogP contribution in [0.3, 0.4) is 0 Å². The van der Waals surface area contributed by atoms with Gasteiger partial charge in [0.15, 0.2) is 5.60 Å². The molecule has 0 spiro atoms. The molecule has 3 aliphatic rings. The zero-order valence-electron chi connectivity index (χ0n) is 17.0. The third kappa shape index (κ3) is 3.87. The second kappa shape index (κ2) is 8.33. The van der Waals surface area contributed by atoms with Gasteiger partial charge in [0.2, 0.25) is 0 Å². The van der Waals surface area contributed by atoms with Crippen molar-refractivity contribution in [3.8, 4) is 0 Å². The predicted molar refractivity (Wildman–Crippen MR) is 98.7 cm³/mol. The Hall–Kier alpha value is 0.274. The Labute approximate surface area is 184 Å². The molecule has 3 fully saturated rings. The SMILES string of the molecule is [CH-]=C1CCC[C@@]2(C)C1CC[C@@H]2C(C)CCC1CC(O)(C(C)C)C(=O)O1.[Y]. The van der Waals surface area contributed by atoms with Crippen LogP contribution >= 0.6 is 0 Å². The molecule has 0 aromatic carbocycles. The summed E-state index contributed by atoms with van der Waals surface area (Å²) in [6, 6.07) is 0. The van der Waals surface area contributed by atoms with Gasteiger partial charge in [-0.15, -0.1) is 0 Å². The summed E-state index contributed by atoms with van der Waals surface area (Å²) in [6.45, 7) is 14.9. The minimum absolute atomic E-state index is 0. The molecular weight excluding hydrogens is 401 g/mol. The van der Waals surface area contributed by atoms with Gasteiger partial charge in [-0.3, -0.25) is 5.57 Å². The van der Waals surface area contributed by atoms with Crippen molar-refractivity contribution in [2.45, 2.75) is 90.8 Å². The first-order chi connectivity index (χ1) is 11.7. The van der Waals surface area contributed by atoms with E-state index in [-0.39, 0.29) is 44.7 Å². The maximum absolute atomic E-state index is 12.0. The van der Waals surface area contributed by atoms with Gasteiger partial charge in [0, 0.05) is 39.1 Å². The largest absolute Gasteiger partial charge is 0.514 e. The Kier molecular flexibility index (Phi) is 7.23. The molecule has 4 heteroatoms.